The number of nitrogens with two attached hydrogens (primary N) is 1. The standard InChI is InChI=1S/C11H15BrN2OS/c1-7(2)6-16-10-4-3-8(12)5-9(10)11(13)14-15/h3-5,7,15H,6H2,1-2H3,(H2,13,14). The van der Waals surface area contributed by atoms with Gasteiger partial charge in [0, 0.05) is 20.7 Å². The van der Waals surface area contributed by atoms with Crippen LogP contribution in [0, 0.1) is 5.92 Å². The summed E-state index contributed by atoms with van der Waals surface area (Å²) in [5, 5.41) is 11.8. The van der Waals surface area contributed by atoms with Gasteiger partial charge in [-0.1, -0.05) is 34.9 Å². The van der Waals surface area contributed by atoms with Gasteiger partial charge < -0.3 is 10.9 Å². The van der Waals surface area contributed by atoms with Gasteiger partial charge in [-0.3, -0.25) is 0 Å². The lowest BCUT2D eigenvalue weighted by Crippen LogP contribution is -2.14. The third-order valence-corrected chi connectivity index (χ3v) is 3.89. The molecule has 3 nitrogen and oxygen atoms in total. The summed E-state index contributed by atoms with van der Waals surface area (Å²) in [4.78, 5) is 1.03. The Morgan fingerprint density at radius 1 is 1.56 bits per heavy atom. The topological polar surface area (TPSA) is 58.6 Å². The van der Waals surface area contributed by atoms with Gasteiger partial charge in [0.05, 0.1) is 0 Å². The fourth-order valence-electron chi connectivity index (χ4n) is 1.14. The first kappa shape index (κ1) is 13.4. The van der Waals surface area contributed by atoms with Crippen LogP contribution < -0.4 is 5.73 Å². The maximum absolute atomic E-state index is 8.72. The summed E-state index contributed by atoms with van der Waals surface area (Å²) < 4.78 is 0.919. The van der Waals surface area contributed by atoms with Crippen LogP contribution in [0.2, 0.25) is 0 Å². The minimum Gasteiger partial charge on any atom is -0.409 e. The van der Waals surface area contributed by atoms with Crippen molar-refractivity contribution in [1.29, 1.82) is 0 Å². The Bertz CT molecular complexity index is 394. The van der Waals surface area contributed by atoms with E-state index < -0.39 is 0 Å². The number of amidine groups is 1. The largest absolute Gasteiger partial charge is 0.409 e. The van der Waals surface area contributed by atoms with E-state index in [1.54, 1.807) is 11.8 Å². The highest BCUT2D eigenvalue weighted by molar-refractivity contribution is 9.10. The Balaban J connectivity index is 2.98. The van der Waals surface area contributed by atoms with Crippen LogP contribution in [0.1, 0.15) is 19.4 Å². The molecule has 0 aliphatic heterocycles. The molecule has 1 aromatic carbocycles. The fraction of sp³-hybridized carbons (Fsp3) is 0.364. The summed E-state index contributed by atoms with van der Waals surface area (Å²) in [6.07, 6.45) is 0. The molecule has 88 valence electrons. The molecule has 0 unspecified atom stereocenters. The van der Waals surface area contributed by atoms with E-state index in [4.69, 9.17) is 10.9 Å². The number of hydrogen-bond acceptors (Lipinski definition) is 3. The molecule has 0 spiro atoms. The molecule has 5 heteroatoms. The van der Waals surface area contributed by atoms with Gasteiger partial charge in [-0.25, -0.2) is 0 Å². The molecule has 16 heavy (non-hydrogen) atoms. The van der Waals surface area contributed by atoms with Gasteiger partial charge in [0.1, 0.15) is 0 Å². The van der Waals surface area contributed by atoms with E-state index in [0.29, 0.717) is 5.92 Å². The number of halogens is 1. The maximum atomic E-state index is 8.72. The van der Waals surface area contributed by atoms with Gasteiger partial charge in [0.2, 0.25) is 0 Å². The van der Waals surface area contributed by atoms with E-state index in [-0.39, 0.29) is 5.84 Å². The summed E-state index contributed by atoms with van der Waals surface area (Å²) in [5.41, 5.74) is 6.40. The van der Waals surface area contributed by atoms with Gasteiger partial charge >= 0.3 is 0 Å². The molecule has 0 saturated carbocycles. The number of nitrogens with zero attached hydrogens (tertiary/aromatic N) is 1. The van der Waals surface area contributed by atoms with E-state index in [1.165, 1.54) is 0 Å². The lowest BCUT2D eigenvalue weighted by molar-refractivity contribution is 0.318. The van der Waals surface area contributed by atoms with Gasteiger partial charge in [-0.15, -0.1) is 11.8 Å². The normalized spacial score (nSPS) is 12.1. The lowest BCUT2D eigenvalue weighted by Gasteiger charge is -2.09. The summed E-state index contributed by atoms with van der Waals surface area (Å²) >= 11 is 5.09. The predicted octanol–water partition coefficient (Wildman–Crippen LogP) is 3.29. The molecule has 0 saturated heterocycles. The molecule has 0 aliphatic carbocycles. The van der Waals surface area contributed by atoms with Crippen molar-refractivity contribution in [3.05, 3.63) is 28.2 Å². The molecule has 0 radical (unpaired) electrons. The maximum Gasteiger partial charge on any atom is 0.171 e. The van der Waals surface area contributed by atoms with Crippen LogP contribution in [-0.4, -0.2) is 16.8 Å². The van der Waals surface area contributed by atoms with Crippen molar-refractivity contribution in [2.24, 2.45) is 16.8 Å². The highest BCUT2D eigenvalue weighted by atomic mass is 79.9. The molecule has 0 fully saturated rings. The molecule has 1 rings (SSSR count). The number of rotatable bonds is 4. The molecular weight excluding hydrogens is 288 g/mol. The number of benzene rings is 1. The first-order valence-electron chi connectivity index (χ1n) is 4.95. The SMILES string of the molecule is CC(C)CSc1ccc(Br)cc1/C(N)=N/O. The van der Waals surface area contributed by atoms with Crippen molar-refractivity contribution in [1.82, 2.24) is 0 Å². The van der Waals surface area contributed by atoms with Crippen molar-refractivity contribution in [2.75, 3.05) is 5.75 Å². The Labute approximate surface area is 108 Å². The van der Waals surface area contributed by atoms with Gasteiger partial charge in [0.25, 0.3) is 0 Å². The first-order chi connectivity index (χ1) is 7.54. The molecule has 0 aliphatic rings. The first-order valence-corrected chi connectivity index (χ1v) is 6.72. The second-order valence-corrected chi connectivity index (χ2v) is 5.81. The van der Waals surface area contributed by atoms with Crippen LogP contribution >= 0.6 is 27.7 Å². The highest BCUT2D eigenvalue weighted by Crippen LogP contribution is 2.27. The molecule has 0 heterocycles. The zero-order valence-corrected chi connectivity index (χ0v) is 11.7. The molecule has 0 amide bonds. The zero-order chi connectivity index (χ0) is 12.1. The summed E-state index contributed by atoms with van der Waals surface area (Å²) in [5.74, 6) is 1.76. The lowest BCUT2D eigenvalue weighted by atomic mass is 10.2. The second kappa shape index (κ2) is 6.15. The quantitative estimate of drug-likeness (QED) is 0.295. The number of thioether (sulfide) groups is 1. The van der Waals surface area contributed by atoms with Crippen LogP contribution in [0.5, 0.6) is 0 Å². The minimum absolute atomic E-state index is 0.146. The summed E-state index contributed by atoms with van der Waals surface area (Å²) in [6, 6.07) is 5.79. The van der Waals surface area contributed by atoms with Gasteiger partial charge in [0.15, 0.2) is 5.84 Å². The fourth-order valence-corrected chi connectivity index (χ4v) is 2.50. The number of hydrogen-bond donors (Lipinski definition) is 2. The third kappa shape index (κ3) is 3.72. The zero-order valence-electron chi connectivity index (χ0n) is 9.27. The monoisotopic (exact) mass is 302 g/mol. The average molecular weight is 303 g/mol. The molecular formula is C11H15BrN2OS. The van der Waals surface area contributed by atoms with E-state index in [2.05, 4.69) is 34.9 Å². The van der Waals surface area contributed by atoms with E-state index in [0.717, 1.165) is 20.7 Å². The van der Waals surface area contributed by atoms with Crippen LogP contribution in [0.4, 0.5) is 0 Å². The van der Waals surface area contributed by atoms with Crippen molar-refractivity contribution in [3.63, 3.8) is 0 Å². The van der Waals surface area contributed by atoms with Crippen LogP contribution in [0.25, 0.3) is 0 Å². The minimum atomic E-state index is 0.146. The Hall–Kier alpha value is -0.680. The second-order valence-electron chi connectivity index (χ2n) is 3.83. The third-order valence-electron chi connectivity index (χ3n) is 1.90. The smallest absolute Gasteiger partial charge is 0.171 e. The average Bonchev–Trinajstić information content (AvgIpc) is 2.26. The Morgan fingerprint density at radius 3 is 2.81 bits per heavy atom. The van der Waals surface area contributed by atoms with Crippen molar-refractivity contribution in [2.45, 2.75) is 18.7 Å². The van der Waals surface area contributed by atoms with E-state index >= 15 is 0 Å². The molecule has 1 aromatic rings. The van der Waals surface area contributed by atoms with Crippen molar-refractivity contribution < 1.29 is 5.21 Å². The van der Waals surface area contributed by atoms with Crippen LogP contribution in [0.3, 0.4) is 0 Å². The van der Waals surface area contributed by atoms with E-state index in [1.807, 2.05) is 18.2 Å². The van der Waals surface area contributed by atoms with Gasteiger partial charge in [-0.2, -0.15) is 0 Å². The van der Waals surface area contributed by atoms with Crippen LogP contribution in [-0.2, 0) is 0 Å². The van der Waals surface area contributed by atoms with Crippen LogP contribution in [0.15, 0.2) is 32.7 Å². The molecule has 0 bridgehead atoms. The van der Waals surface area contributed by atoms with Gasteiger partial charge in [-0.05, 0) is 24.1 Å². The summed E-state index contributed by atoms with van der Waals surface area (Å²) in [7, 11) is 0. The Morgan fingerprint density at radius 2 is 2.25 bits per heavy atom. The predicted molar refractivity (Wildman–Crippen MR) is 72.2 cm³/mol. The molecule has 3 N–H and O–H groups in total. The number of oxime groups is 1. The van der Waals surface area contributed by atoms with Crippen molar-refractivity contribution in [3.8, 4) is 0 Å². The summed E-state index contributed by atoms with van der Waals surface area (Å²) in [6.45, 7) is 4.32. The van der Waals surface area contributed by atoms with E-state index in [9.17, 15) is 0 Å². The molecule has 0 atom stereocenters. The van der Waals surface area contributed by atoms with Crippen molar-refractivity contribution >= 4 is 33.5 Å². The molecule has 0 aromatic heterocycles. The Kier molecular flexibility index (Phi) is 5.15. The highest BCUT2D eigenvalue weighted by Gasteiger charge is 2.09.